The van der Waals surface area contributed by atoms with Crippen molar-refractivity contribution in [3.63, 3.8) is 0 Å². The van der Waals surface area contributed by atoms with Crippen molar-refractivity contribution >= 4 is 87.2 Å². The third kappa shape index (κ3) is 7.70. The Kier molecular flexibility index (Phi) is 11.2. The van der Waals surface area contributed by atoms with Crippen LogP contribution in [0.1, 0.15) is 0 Å². The Balaban J connectivity index is 0.857. The molecule has 0 aliphatic rings. The second-order valence-electron chi connectivity index (χ2n) is 23.0. The van der Waals surface area contributed by atoms with Crippen LogP contribution in [0.4, 0.5) is 0 Å². The van der Waals surface area contributed by atoms with Crippen LogP contribution in [0, 0.1) is 0 Å². The molecular weight excluding hydrogens is 1070 g/mol. The summed E-state index contributed by atoms with van der Waals surface area (Å²) in [6.07, 6.45) is 0. The Labute approximate surface area is 507 Å². The van der Waals surface area contributed by atoms with Gasteiger partial charge in [-0.1, -0.05) is 212 Å². The number of aromatic nitrogens is 5. The van der Waals surface area contributed by atoms with Crippen LogP contribution >= 0.6 is 0 Å². The van der Waals surface area contributed by atoms with Gasteiger partial charge in [0.15, 0.2) is 0 Å². The van der Waals surface area contributed by atoms with Crippen LogP contribution in [-0.2, 0) is 0 Å². The number of hydrogen-bond donors (Lipinski definition) is 0. The van der Waals surface area contributed by atoms with E-state index >= 15 is 0 Å². The lowest BCUT2D eigenvalue weighted by Crippen LogP contribution is -2.06. The SMILES string of the molecule is c1ccc(-c2cccc(-c3ccccc3)c2-c2ccc(-n3c4ccccc4c4cc(-c5ccc6c(c5)c5ccccc5n6-c5ccccc5)ccc43)nc2-n2c3ccccc3c3cc(-c4ccc5c(c4)c4ccccc4n5-c4ccccc4)ccc32)cc1. The zero-order valence-corrected chi connectivity index (χ0v) is 47.8. The average Bonchev–Trinajstić information content (AvgIpc) is 1.70. The lowest BCUT2D eigenvalue weighted by molar-refractivity contribution is 1.02. The van der Waals surface area contributed by atoms with Gasteiger partial charge in [-0.15, -0.1) is 0 Å². The highest BCUT2D eigenvalue weighted by molar-refractivity contribution is 6.15. The molecule has 0 N–H and O–H groups in total. The van der Waals surface area contributed by atoms with E-state index in [1.165, 1.54) is 59.9 Å². The van der Waals surface area contributed by atoms with Crippen LogP contribution in [0.2, 0.25) is 0 Å². The molecule has 0 spiro atoms. The molecule has 13 aromatic carbocycles. The first kappa shape index (κ1) is 49.6. The van der Waals surface area contributed by atoms with Gasteiger partial charge < -0.3 is 9.13 Å². The normalized spacial score (nSPS) is 11.9. The summed E-state index contributed by atoms with van der Waals surface area (Å²) in [6.45, 7) is 0. The lowest BCUT2D eigenvalue weighted by atomic mass is 9.87. The molecule has 5 nitrogen and oxygen atoms in total. The van der Waals surface area contributed by atoms with Gasteiger partial charge in [0.2, 0.25) is 0 Å². The van der Waals surface area contributed by atoms with Crippen LogP contribution in [0.3, 0.4) is 0 Å². The Morgan fingerprint density at radius 3 is 0.920 bits per heavy atom. The van der Waals surface area contributed by atoms with Gasteiger partial charge in [0.05, 0.1) is 44.1 Å². The van der Waals surface area contributed by atoms with E-state index in [0.29, 0.717) is 0 Å². The molecule has 0 unspecified atom stereocenters. The first-order valence-corrected chi connectivity index (χ1v) is 30.2. The predicted octanol–water partition coefficient (Wildman–Crippen LogP) is 21.8. The standard InChI is InChI=1S/C83H53N5/c1-5-22-54(23-6-1)62-34-21-35-63(55-24-7-2-8-25-55)82(62)68-44-49-81(87-75-38-19-15-32-66(75)71-52-58(42-47-79(71)87)56-40-45-77-69(50-56)64-30-13-17-36-73(64)85(77)60-26-9-3-10-27-60)84-83(68)88-76-39-20-16-33-67(76)72-53-59(43-48-80(72)88)57-41-46-78-70(51-57)65-31-14-18-37-74(65)86(78)61-28-11-4-12-29-61/h1-53H. The van der Waals surface area contributed by atoms with Gasteiger partial charge in [0, 0.05) is 65.6 Å². The zero-order valence-electron chi connectivity index (χ0n) is 47.8. The molecule has 88 heavy (non-hydrogen) atoms. The summed E-state index contributed by atoms with van der Waals surface area (Å²) in [7, 11) is 0. The number of para-hydroxylation sites is 6. The van der Waals surface area contributed by atoms with Gasteiger partial charge in [-0.05, 0) is 154 Å². The minimum Gasteiger partial charge on any atom is -0.309 e. The van der Waals surface area contributed by atoms with Crippen LogP contribution < -0.4 is 0 Å². The largest absolute Gasteiger partial charge is 0.309 e. The molecule has 0 atom stereocenters. The summed E-state index contributed by atoms with van der Waals surface area (Å²) in [6, 6.07) is 117. The number of pyridine rings is 1. The fourth-order valence-corrected chi connectivity index (χ4v) is 14.3. The van der Waals surface area contributed by atoms with Crippen molar-refractivity contribution in [2.75, 3.05) is 0 Å². The third-order valence-corrected chi connectivity index (χ3v) is 18.2. The monoisotopic (exact) mass is 1120 g/mol. The molecule has 0 saturated heterocycles. The highest BCUT2D eigenvalue weighted by atomic mass is 15.1. The summed E-state index contributed by atoms with van der Waals surface area (Å²) in [4.78, 5) is 6.07. The second kappa shape index (κ2) is 19.9. The van der Waals surface area contributed by atoms with Crippen LogP contribution in [0.5, 0.6) is 0 Å². The molecule has 18 rings (SSSR count). The van der Waals surface area contributed by atoms with Crippen molar-refractivity contribution in [2.24, 2.45) is 0 Å². The second-order valence-corrected chi connectivity index (χ2v) is 23.0. The van der Waals surface area contributed by atoms with E-state index in [9.17, 15) is 0 Å². The van der Waals surface area contributed by atoms with Crippen LogP contribution in [0.25, 0.3) is 166 Å². The number of benzene rings is 13. The van der Waals surface area contributed by atoms with E-state index in [0.717, 1.165) is 106 Å². The maximum absolute atomic E-state index is 6.07. The van der Waals surface area contributed by atoms with Gasteiger partial charge in [-0.2, -0.15) is 0 Å². The van der Waals surface area contributed by atoms with Crippen molar-refractivity contribution in [1.82, 2.24) is 23.3 Å². The maximum Gasteiger partial charge on any atom is 0.148 e. The average molecular weight is 1120 g/mol. The van der Waals surface area contributed by atoms with Crippen molar-refractivity contribution in [3.05, 3.63) is 322 Å². The van der Waals surface area contributed by atoms with Gasteiger partial charge in [0.1, 0.15) is 11.6 Å². The Morgan fingerprint density at radius 2 is 0.511 bits per heavy atom. The summed E-state index contributed by atoms with van der Waals surface area (Å²) >= 11 is 0. The maximum atomic E-state index is 6.07. The van der Waals surface area contributed by atoms with Gasteiger partial charge in [-0.25, -0.2) is 4.98 Å². The minimum atomic E-state index is 0.830. The van der Waals surface area contributed by atoms with Crippen molar-refractivity contribution < 1.29 is 0 Å². The summed E-state index contributed by atoms with van der Waals surface area (Å²) in [5.41, 5.74) is 22.7. The number of nitrogens with zero attached hydrogens (tertiary/aromatic N) is 5. The molecule has 5 heterocycles. The number of fused-ring (bicyclic) bond motifs is 12. The van der Waals surface area contributed by atoms with E-state index in [2.05, 4.69) is 340 Å². The van der Waals surface area contributed by atoms with Crippen molar-refractivity contribution in [3.8, 4) is 78.6 Å². The first-order valence-electron chi connectivity index (χ1n) is 30.2. The highest BCUT2D eigenvalue weighted by Gasteiger charge is 2.25. The van der Waals surface area contributed by atoms with Gasteiger partial charge in [0.25, 0.3) is 0 Å². The van der Waals surface area contributed by atoms with Crippen molar-refractivity contribution in [2.45, 2.75) is 0 Å². The Hall–Kier alpha value is -11.8. The molecule has 0 radical (unpaired) electrons. The van der Waals surface area contributed by atoms with E-state index in [1.54, 1.807) is 0 Å². The van der Waals surface area contributed by atoms with Crippen LogP contribution in [-0.4, -0.2) is 23.3 Å². The van der Waals surface area contributed by atoms with Crippen LogP contribution in [0.15, 0.2) is 322 Å². The Bertz CT molecular complexity index is 5730. The first-order chi connectivity index (χ1) is 43.7. The molecule has 0 amide bonds. The summed E-state index contributed by atoms with van der Waals surface area (Å²) in [5, 5.41) is 9.57. The van der Waals surface area contributed by atoms with E-state index in [1.807, 2.05) is 0 Å². The van der Waals surface area contributed by atoms with Gasteiger partial charge in [-0.3, -0.25) is 9.13 Å². The molecule has 410 valence electrons. The third-order valence-electron chi connectivity index (χ3n) is 18.2. The molecule has 5 heteroatoms. The molecule has 0 saturated carbocycles. The smallest absolute Gasteiger partial charge is 0.148 e. The number of rotatable bonds is 9. The molecule has 5 aromatic heterocycles. The number of hydrogen-bond acceptors (Lipinski definition) is 1. The minimum absolute atomic E-state index is 0.830. The summed E-state index contributed by atoms with van der Waals surface area (Å²) < 4.78 is 9.56. The van der Waals surface area contributed by atoms with E-state index in [-0.39, 0.29) is 0 Å². The van der Waals surface area contributed by atoms with E-state index in [4.69, 9.17) is 4.98 Å². The van der Waals surface area contributed by atoms with Gasteiger partial charge >= 0.3 is 0 Å². The topological polar surface area (TPSA) is 32.6 Å². The Morgan fingerprint density at radius 1 is 0.193 bits per heavy atom. The van der Waals surface area contributed by atoms with Crippen molar-refractivity contribution in [1.29, 1.82) is 0 Å². The fourth-order valence-electron chi connectivity index (χ4n) is 14.3. The summed E-state index contributed by atoms with van der Waals surface area (Å²) in [5.74, 6) is 1.68. The zero-order chi connectivity index (χ0) is 57.8. The fraction of sp³-hybridized carbons (Fsp3) is 0. The lowest BCUT2D eigenvalue weighted by Gasteiger charge is -2.21. The molecule has 0 fully saturated rings. The molecule has 0 bridgehead atoms. The molecule has 0 aliphatic heterocycles. The predicted molar refractivity (Wildman–Crippen MR) is 369 cm³/mol. The molecular formula is C83H53N5. The highest BCUT2D eigenvalue weighted by Crippen LogP contribution is 2.47. The quantitative estimate of drug-likeness (QED) is 0.142. The van der Waals surface area contributed by atoms with E-state index < -0.39 is 0 Å². The molecule has 18 aromatic rings. The molecule has 0 aliphatic carbocycles.